The number of nitrogens with one attached hydrogen (secondary N) is 2. The van der Waals surface area contributed by atoms with Crippen LogP contribution in [0.1, 0.15) is 30.5 Å². The van der Waals surface area contributed by atoms with Gasteiger partial charge in [0.2, 0.25) is 0 Å². The summed E-state index contributed by atoms with van der Waals surface area (Å²) in [6.07, 6.45) is 2.19. The molecule has 0 unspecified atom stereocenters. The van der Waals surface area contributed by atoms with E-state index in [1.54, 1.807) is 18.2 Å². The Morgan fingerprint density at radius 1 is 1.09 bits per heavy atom. The molecule has 2 aromatic carbocycles. The Hall–Kier alpha value is -3.10. The second-order valence-corrected chi connectivity index (χ2v) is 8.67. The molecule has 2 aliphatic rings. The second kappa shape index (κ2) is 11.4. The molecule has 34 heavy (non-hydrogen) atoms. The van der Waals surface area contributed by atoms with E-state index in [0.717, 1.165) is 38.0 Å². The van der Waals surface area contributed by atoms with Gasteiger partial charge in [-0.2, -0.15) is 0 Å². The number of hydrogen-bond acceptors (Lipinski definition) is 6. The molecule has 1 saturated heterocycles. The largest absolute Gasteiger partial charge is 0.492 e. The number of para-hydroxylation sites is 2. The molecular formula is C26H34N4O4. The van der Waals surface area contributed by atoms with E-state index < -0.39 is 11.8 Å². The minimum atomic E-state index is -0.708. The van der Waals surface area contributed by atoms with Gasteiger partial charge in [0.05, 0.1) is 31.5 Å². The number of benzene rings is 2. The summed E-state index contributed by atoms with van der Waals surface area (Å²) in [5, 5.41) is 5.52. The number of amides is 2. The Labute approximate surface area is 201 Å². The number of ether oxygens (including phenoxy) is 2. The molecule has 2 N–H and O–H groups in total. The number of nitrogens with zero attached hydrogens (tertiary/aromatic N) is 2. The summed E-state index contributed by atoms with van der Waals surface area (Å²) < 4.78 is 11.1. The van der Waals surface area contributed by atoms with Crippen molar-refractivity contribution in [2.24, 2.45) is 0 Å². The highest BCUT2D eigenvalue weighted by Gasteiger charge is 2.26. The molecule has 8 heteroatoms. The van der Waals surface area contributed by atoms with Gasteiger partial charge in [-0.05, 0) is 49.1 Å². The van der Waals surface area contributed by atoms with Gasteiger partial charge >= 0.3 is 11.8 Å². The van der Waals surface area contributed by atoms with Crippen LogP contribution in [0.3, 0.4) is 0 Å². The summed E-state index contributed by atoms with van der Waals surface area (Å²) in [7, 11) is 2.12. The summed E-state index contributed by atoms with van der Waals surface area (Å²) in [4.78, 5) is 29.9. The molecule has 0 saturated carbocycles. The van der Waals surface area contributed by atoms with Crippen molar-refractivity contribution in [2.75, 3.05) is 63.3 Å². The van der Waals surface area contributed by atoms with Gasteiger partial charge in [0, 0.05) is 38.9 Å². The van der Waals surface area contributed by atoms with Gasteiger partial charge in [0.1, 0.15) is 5.75 Å². The van der Waals surface area contributed by atoms with Crippen LogP contribution in [-0.2, 0) is 20.7 Å². The van der Waals surface area contributed by atoms with Gasteiger partial charge in [-0.1, -0.05) is 24.3 Å². The lowest BCUT2D eigenvalue weighted by Gasteiger charge is -2.36. The fourth-order valence-corrected chi connectivity index (χ4v) is 4.66. The summed E-state index contributed by atoms with van der Waals surface area (Å²) in [5.74, 6) is -0.835. The number of rotatable bonds is 7. The predicted molar refractivity (Wildman–Crippen MR) is 132 cm³/mol. The maximum absolute atomic E-state index is 12.7. The second-order valence-electron chi connectivity index (χ2n) is 8.67. The zero-order valence-corrected chi connectivity index (χ0v) is 20.0. The fourth-order valence-electron chi connectivity index (χ4n) is 4.66. The van der Waals surface area contributed by atoms with Crippen molar-refractivity contribution in [1.82, 2.24) is 10.2 Å². The topological polar surface area (TPSA) is 83.1 Å². The van der Waals surface area contributed by atoms with Crippen molar-refractivity contribution >= 4 is 23.2 Å². The zero-order valence-electron chi connectivity index (χ0n) is 20.0. The van der Waals surface area contributed by atoms with Gasteiger partial charge in [-0.15, -0.1) is 0 Å². The van der Waals surface area contributed by atoms with Crippen LogP contribution >= 0.6 is 0 Å². The highest BCUT2D eigenvalue weighted by atomic mass is 16.5. The Balaban J connectivity index is 1.46. The third kappa shape index (κ3) is 5.69. The summed E-state index contributed by atoms with van der Waals surface area (Å²) in [6, 6.07) is 13.6. The lowest BCUT2D eigenvalue weighted by Crippen LogP contribution is -2.45. The van der Waals surface area contributed by atoms with Gasteiger partial charge in [-0.3, -0.25) is 14.5 Å². The molecule has 0 bridgehead atoms. The molecule has 2 amide bonds. The quantitative estimate of drug-likeness (QED) is 0.611. The number of fused-ring (bicyclic) bond motifs is 1. The average molecular weight is 467 g/mol. The first-order valence-corrected chi connectivity index (χ1v) is 12.0. The van der Waals surface area contributed by atoms with E-state index >= 15 is 0 Å². The normalized spacial score (nSPS) is 16.9. The van der Waals surface area contributed by atoms with Crippen LogP contribution in [-0.4, -0.2) is 69.8 Å². The van der Waals surface area contributed by atoms with Gasteiger partial charge in [-0.25, -0.2) is 0 Å². The average Bonchev–Trinajstić information content (AvgIpc) is 2.86. The summed E-state index contributed by atoms with van der Waals surface area (Å²) >= 11 is 0. The molecule has 0 aromatic heterocycles. The lowest BCUT2D eigenvalue weighted by molar-refractivity contribution is -0.136. The predicted octanol–water partition coefficient (Wildman–Crippen LogP) is 2.60. The third-order valence-corrected chi connectivity index (χ3v) is 6.42. The van der Waals surface area contributed by atoms with E-state index in [0.29, 0.717) is 37.8 Å². The lowest BCUT2D eigenvalue weighted by atomic mass is 9.95. The first kappa shape index (κ1) is 24.0. The Kier molecular flexibility index (Phi) is 8.03. The molecule has 0 spiro atoms. The van der Waals surface area contributed by atoms with E-state index in [2.05, 4.69) is 45.7 Å². The van der Waals surface area contributed by atoms with Crippen LogP contribution in [0.4, 0.5) is 11.4 Å². The van der Waals surface area contributed by atoms with Crippen molar-refractivity contribution in [3.8, 4) is 5.75 Å². The first-order chi connectivity index (χ1) is 16.6. The monoisotopic (exact) mass is 466 g/mol. The van der Waals surface area contributed by atoms with E-state index in [1.807, 2.05) is 13.0 Å². The molecule has 2 aliphatic heterocycles. The minimum Gasteiger partial charge on any atom is -0.492 e. The van der Waals surface area contributed by atoms with Crippen molar-refractivity contribution < 1.29 is 19.1 Å². The molecular weight excluding hydrogens is 432 g/mol. The Bertz CT molecular complexity index is 1010. The van der Waals surface area contributed by atoms with Crippen molar-refractivity contribution in [3.05, 3.63) is 53.6 Å². The minimum absolute atomic E-state index is 0.0334. The Morgan fingerprint density at radius 2 is 1.88 bits per heavy atom. The van der Waals surface area contributed by atoms with Crippen LogP contribution in [0.2, 0.25) is 0 Å². The highest BCUT2D eigenvalue weighted by molar-refractivity contribution is 6.39. The first-order valence-electron chi connectivity index (χ1n) is 12.0. The molecule has 0 radical (unpaired) electrons. The zero-order chi connectivity index (χ0) is 23.9. The smallest absolute Gasteiger partial charge is 0.313 e. The molecule has 0 aliphatic carbocycles. The Morgan fingerprint density at radius 3 is 2.68 bits per heavy atom. The van der Waals surface area contributed by atoms with Crippen molar-refractivity contribution in [2.45, 2.75) is 25.8 Å². The van der Waals surface area contributed by atoms with Crippen LogP contribution in [0.25, 0.3) is 0 Å². The van der Waals surface area contributed by atoms with Crippen molar-refractivity contribution in [1.29, 1.82) is 0 Å². The molecule has 1 atom stereocenters. The number of carbonyl (C=O) groups is 2. The van der Waals surface area contributed by atoms with Crippen LogP contribution in [0.5, 0.6) is 5.75 Å². The number of aryl methyl sites for hydroxylation is 1. The molecule has 2 aromatic rings. The molecule has 8 nitrogen and oxygen atoms in total. The van der Waals surface area contributed by atoms with Crippen LogP contribution in [0, 0.1) is 0 Å². The highest BCUT2D eigenvalue weighted by Crippen LogP contribution is 2.31. The third-order valence-electron chi connectivity index (χ3n) is 6.42. The number of hydrogen-bond donors (Lipinski definition) is 2. The van der Waals surface area contributed by atoms with Crippen LogP contribution < -0.4 is 20.3 Å². The van der Waals surface area contributed by atoms with Gasteiger partial charge < -0.3 is 25.0 Å². The molecule has 2 heterocycles. The number of anilines is 2. The van der Waals surface area contributed by atoms with Crippen LogP contribution in [0.15, 0.2) is 42.5 Å². The van der Waals surface area contributed by atoms with Crippen molar-refractivity contribution in [3.63, 3.8) is 0 Å². The van der Waals surface area contributed by atoms with E-state index in [4.69, 9.17) is 9.47 Å². The van der Waals surface area contributed by atoms with Gasteiger partial charge in [0.15, 0.2) is 0 Å². The van der Waals surface area contributed by atoms with E-state index in [9.17, 15) is 9.59 Å². The molecule has 4 rings (SSSR count). The maximum atomic E-state index is 12.7. The van der Waals surface area contributed by atoms with E-state index in [-0.39, 0.29) is 6.04 Å². The maximum Gasteiger partial charge on any atom is 0.313 e. The SMILES string of the molecule is CCOc1ccccc1NC(=O)C(=O)NC[C@@H](c1ccc2c(c1)CCCN2C)N1CCOCC1. The molecule has 1 fully saturated rings. The summed E-state index contributed by atoms with van der Waals surface area (Å²) in [6.45, 7) is 6.63. The fraction of sp³-hybridized carbons (Fsp3) is 0.462. The number of morpholine rings is 1. The standard InChI is InChI=1S/C26H34N4O4/c1-3-34-24-9-5-4-8-21(24)28-26(32)25(31)27-18-23(30-13-15-33-16-14-30)20-10-11-22-19(17-20)7-6-12-29(22)2/h4-5,8-11,17,23H,3,6-7,12-16,18H2,1-2H3,(H,27,31)(H,28,32)/t23-/m0/s1. The number of carbonyl (C=O) groups excluding carboxylic acids is 2. The van der Waals surface area contributed by atoms with Gasteiger partial charge in [0.25, 0.3) is 0 Å². The molecule has 182 valence electrons. The summed E-state index contributed by atoms with van der Waals surface area (Å²) in [5.41, 5.74) is 4.24. The van der Waals surface area contributed by atoms with E-state index in [1.165, 1.54) is 11.3 Å².